The quantitative estimate of drug-likeness (QED) is 0.730. The molecule has 0 atom stereocenters. The summed E-state index contributed by atoms with van der Waals surface area (Å²) < 4.78 is 11.0. The summed E-state index contributed by atoms with van der Waals surface area (Å²) in [5.74, 6) is 2.22. The minimum Gasteiger partial charge on any atom is -0.494 e. The Balaban J connectivity index is 2.16. The van der Waals surface area contributed by atoms with Gasteiger partial charge in [0.05, 0.1) is 12.5 Å². The first kappa shape index (κ1) is 13.8. The van der Waals surface area contributed by atoms with E-state index in [1.165, 1.54) is 0 Å². The zero-order valence-electron chi connectivity index (χ0n) is 10.9. The van der Waals surface area contributed by atoms with Gasteiger partial charge in [0.25, 0.3) is 0 Å². The molecule has 0 N–H and O–H groups in total. The monoisotopic (exact) mass is 276 g/mol. The summed E-state index contributed by atoms with van der Waals surface area (Å²) >= 11 is 5.62. The van der Waals surface area contributed by atoms with E-state index in [1.807, 2.05) is 49.4 Å². The number of benzene rings is 2. The van der Waals surface area contributed by atoms with Gasteiger partial charge in [0.15, 0.2) is 0 Å². The first-order valence-electron chi connectivity index (χ1n) is 6.35. The zero-order chi connectivity index (χ0) is 13.5. The summed E-state index contributed by atoms with van der Waals surface area (Å²) in [5.41, 5.74) is 2.26. The van der Waals surface area contributed by atoms with Gasteiger partial charge in [-0.3, -0.25) is 0 Å². The van der Waals surface area contributed by atoms with Gasteiger partial charge in [-0.05, 0) is 42.3 Å². The number of hydrogen-bond donors (Lipinski definition) is 0. The molecule has 0 aromatic heterocycles. The Morgan fingerprint density at radius 2 is 1.68 bits per heavy atom. The summed E-state index contributed by atoms with van der Waals surface area (Å²) in [7, 11) is 0. The zero-order valence-corrected chi connectivity index (χ0v) is 11.7. The van der Waals surface area contributed by atoms with Crippen LogP contribution in [0.2, 0.25) is 0 Å². The molecule has 0 radical (unpaired) electrons. The molecule has 2 aromatic rings. The second-order valence-electron chi connectivity index (χ2n) is 4.02. The van der Waals surface area contributed by atoms with Crippen LogP contribution in [0.1, 0.15) is 6.92 Å². The Kier molecular flexibility index (Phi) is 5.10. The maximum absolute atomic E-state index is 5.62. The summed E-state index contributed by atoms with van der Waals surface area (Å²) in [4.78, 5) is 0. The van der Waals surface area contributed by atoms with Crippen LogP contribution in [-0.2, 0) is 0 Å². The highest BCUT2D eigenvalue weighted by atomic mass is 35.5. The van der Waals surface area contributed by atoms with Gasteiger partial charge in [-0.2, -0.15) is 0 Å². The fourth-order valence-corrected chi connectivity index (χ4v) is 1.91. The third kappa shape index (κ3) is 3.90. The standard InChI is InChI=1S/C16H17ClO2/c1-2-18-15-8-6-13(7-9-15)14-4-3-5-16(12-14)19-11-10-17/h3-9,12H,2,10-11H2,1H3. The lowest BCUT2D eigenvalue weighted by molar-refractivity contribution is 0.340. The number of rotatable bonds is 6. The topological polar surface area (TPSA) is 18.5 Å². The summed E-state index contributed by atoms with van der Waals surface area (Å²) in [6, 6.07) is 16.0. The molecule has 0 saturated carbocycles. The molecule has 0 saturated heterocycles. The van der Waals surface area contributed by atoms with Crippen molar-refractivity contribution in [3.8, 4) is 22.6 Å². The minimum atomic E-state index is 0.493. The molecule has 19 heavy (non-hydrogen) atoms. The van der Waals surface area contributed by atoms with Gasteiger partial charge in [-0.15, -0.1) is 11.6 Å². The molecule has 0 unspecified atom stereocenters. The molecule has 0 fully saturated rings. The molecular weight excluding hydrogens is 260 g/mol. The van der Waals surface area contributed by atoms with Crippen molar-refractivity contribution in [2.45, 2.75) is 6.92 Å². The summed E-state index contributed by atoms with van der Waals surface area (Å²) in [6.45, 7) is 3.18. The number of hydrogen-bond acceptors (Lipinski definition) is 2. The van der Waals surface area contributed by atoms with Crippen molar-refractivity contribution in [2.24, 2.45) is 0 Å². The van der Waals surface area contributed by atoms with E-state index < -0.39 is 0 Å². The molecule has 0 amide bonds. The molecule has 0 heterocycles. The van der Waals surface area contributed by atoms with Crippen LogP contribution in [0, 0.1) is 0 Å². The smallest absolute Gasteiger partial charge is 0.119 e. The van der Waals surface area contributed by atoms with Crippen molar-refractivity contribution in [2.75, 3.05) is 19.1 Å². The van der Waals surface area contributed by atoms with Gasteiger partial charge in [-0.1, -0.05) is 24.3 Å². The largest absolute Gasteiger partial charge is 0.494 e. The Morgan fingerprint density at radius 1 is 0.895 bits per heavy atom. The average molecular weight is 277 g/mol. The molecule has 0 bridgehead atoms. The molecule has 2 aromatic carbocycles. The van der Waals surface area contributed by atoms with Crippen molar-refractivity contribution in [3.05, 3.63) is 48.5 Å². The third-order valence-electron chi connectivity index (χ3n) is 2.68. The van der Waals surface area contributed by atoms with Gasteiger partial charge >= 0.3 is 0 Å². The van der Waals surface area contributed by atoms with Crippen molar-refractivity contribution in [1.29, 1.82) is 0 Å². The Labute approximate surface area is 118 Å². The lowest BCUT2D eigenvalue weighted by Gasteiger charge is -2.08. The van der Waals surface area contributed by atoms with Gasteiger partial charge in [0.1, 0.15) is 18.1 Å². The van der Waals surface area contributed by atoms with Gasteiger partial charge < -0.3 is 9.47 Å². The SMILES string of the molecule is CCOc1ccc(-c2cccc(OCCCl)c2)cc1. The molecule has 0 aliphatic heterocycles. The third-order valence-corrected chi connectivity index (χ3v) is 2.83. The van der Waals surface area contributed by atoms with Crippen LogP contribution in [0.4, 0.5) is 0 Å². The summed E-state index contributed by atoms with van der Waals surface area (Å²) in [5, 5.41) is 0. The molecule has 2 rings (SSSR count). The Hall–Kier alpha value is -1.67. The van der Waals surface area contributed by atoms with Crippen LogP contribution in [0.25, 0.3) is 11.1 Å². The maximum Gasteiger partial charge on any atom is 0.119 e. The second kappa shape index (κ2) is 7.05. The van der Waals surface area contributed by atoms with E-state index in [2.05, 4.69) is 6.07 Å². The van der Waals surface area contributed by atoms with E-state index in [4.69, 9.17) is 21.1 Å². The predicted molar refractivity (Wildman–Crippen MR) is 79.3 cm³/mol. The minimum absolute atomic E-state index is 0.493. The van der Waals surface area contributed by atoms with E-state index in [0.717, 1.165) is 22.6 Å². The molecule has 0 spiro atoms. The van der Waals surface area contributed by atoms with E-state index in [0.29, 0.717) is 19.1 Å². The highest BCUT2D eigenvalue weighted by Gasteiger charge is 2.01. The number of halogens is 1. The highest BCUT2D eigenvalue weighted by molar-refractivity contribution is 6.18. The second-order valence-corrected chi connectivity index (χ2v) is 4.40. The van der Waals surface area contributed by atoms with Gasteiger partial charge in [0.2, 0.25) is 0 Å². The van der Waals surface area contributed by atoms with Crippen molar-refractivity contribution in [1.82, 2.24) is 0 Å². The molecular formula is C16H17ClO2. The van der Waals surface area contributed by atoms with Crippen LogP contribution in [0.5, 0.6) is 11.5 Å². The predicted octanol–water partition coefficient (Wildman–Crippen LogP) is 4.37. The van der Waals surface area contributed by atoms with Crippen molar-refractivity contribution >= 4 is 11.6 Å². The van der Waals surface area contributed by atoms with Crippen LogP contribution < -0.4 is 9.47 Å². The molecule has 100 valence electrons. The number of ether oxygens (including phenoxy) is 2. The first-order valence-corrected chi connectivity index (χ1v) is 6.89. The van der Waals surface area contributed by atoms with Crippen molar-refractivity contribution < 1.29 is 9.47 Å². The Morgan fingerprint density at radius 3 is 2.37 bits per heavy atom. The van der Waals surface area contributed by atoms with Crippen LogP contribution in [0.15, 0.2) is 48.5 Å². The Bertz CT molecular complexity index is 508. The van der Waals surface area contributed by atoms with E-state index in [-0.39, 0.29) is 0 Å². The van der Waals surface area contributed by atoms with Gasteiger partial charge in [0, 0.05) is 0 Å². The lowest BCUT2D eigenvalue weighted by atomic mass is 10.1. The lowest BCUT2D eigenvalue weighted by Crippen LogP contribution is -1.97. The maximum atomic E-state index is 5.62. The van der Waals surface area contributed by atoms with Crippen LogP contribution in [0.3, 0.4) is 0 Å². The number of alkyl halides is 1. The molecule has 3 heteroatoms. The highest BCUT2D eigenvalue weighted by Crippen LogP contribution is 2.25. The summed E-state index contributed by atoms with van der Waals surface area (Å²) in [6.07, 6.45) is 0. The van der Waals surface area contributed by atoms with Crippen LogP contribution in [-0.4, -0.2) is 19.1 Å². The molecule has 0 aliphatic carbocycles. The van der Waals surface area contributed by atoms with Crippen LogP contribution >= 0.6 is 11.6 Å². The van der Waals surface area contributed by atoms with E-state index in [1.54, 1.807) is 0 Å². The first-order chi connectivity index (χ1) is 9.33. The van der Waals surface area contributed by atoms with Gasteiger partial charge in [-0.25, -0.2) is 0 Å². The fraction of sp³-hybridized carbons (Fsp3) is 0.250. The fourth-order valence-electron chi connectivity index (χ4n) is 1.83. The van der Waals surface area contributed by atoms with Crippen molar-refractivity contribution in [3.63, 3.8) is 0 Å². The van der Waals surface area contributed by atoms with E-state index >= 15 is 0 Å². The normalized spacial score (nSPS) is 10.2. The molecule has 2 nitrogen and oxygen atoms in total. The average Bonchev–Trinajstić information content (AvgIpc) is 2.46. The van der Waals surface area contributed by atoms with E-state index in [9.17, 15) is 0 Å². The molecule has 0 aliphatic rings.